The normalized spacial score (nSPS) is 12.8. The Kier molecular flexibility index (Phi) is 8.79. The molecule has 1 saturated carbocycles. The van der Waals surface area contributed by atoms with Gasteiger partial charge in [0, 0.05) is 23.5 Å². The van der Waals surface area contributed by atoms with Crippen LogP contribution in [0.5, 0.6) is 11.5 Å². The summed E-state index contributed by atoms with van der Waals surface area (Å²) in [5.74, 6) is 0.936. The van der Waals surface area contributed by atoms with E-state index in [1.165, 1.54) is 24.3 Å². The minimum atomic E-state index is -0.466. The number of carbonyl (C=O) groups is 2. The molecule has 0 bridgehead atoms. The van der Waals surface area contributed by atoms with E-state index in [4.69, 9.17) is 14.5 Å². The zero-order valence-corrected chi connectivity index (χ0v) is 20.2. The number of aromatic nitrogens is 1. The third kappa shape index (κ3) is 7.86. The first-order chi connectivity index (χ1) is 18.0. The summed E-state index contributed by atoms with van der Waals surface area (Å²) < 4.78 is 19.1. The highest BCUT2D eigenvalue weighted by Crippen LogP contribution is 2.34. The predicted octanol–water partition coefficient (Wildman–Crippen LogP) is 5.99. The Morgan fingerprint density at radius 2 is 1.65 bits per heavy atom. The Morgan fingerprint density at radius 3 is 2.30 bits per heavy atom. The van der Waals surface area contributed by atoms with Crippen LogP contribution in [0.1, 0.15) is 25.3 Å². The first-order valence-corrected chi connectivity index (χ1v) is 11.8. The van der Waals surface area contributed by atoms with Gasteiger partial charge < -0.3 is 20.7 Å². The van der Waals surface area contributed by atoms with Gasteiger partial charge in [-0.3, -0.25) is 4.79 Å². The molecule has 37 heavy (non-hydrogen) atoms. The van der Waals surface area contributed by atoms with Crippen molar-refractivity contribution in [2.75, 3.05) is 29.2 Å². The molecule has 2 aromatic carbocycles. The monoisotopic (exact) mass is 506 g/mol. The average molecular weight is 507 g/mol. The number of halogens is 1. The van der Waals surface area contributed by atoms with Gasteiger partial charge in [-0.2, -0.15) is 0 Å². The number of hydrogen-bond donors (Lipinski definition) is 3. The van der Waals surface area contributed by atoms with Crippen LogP contribution in [0.2, 0.25) is 0 Å². The van der Waals surface area contributed by atoms with Crippen molar-refractivity contribution in [3.63, 3.8) is 0 Å². The summed E-state index contributed by atoms with van der Waals surface area (Å²) >= 11 is 0. The Labute approximate surface area is 213 Å². The van der Waals surface area contributed by atoms with Gasteiger partial charge in [0.2, 0.25) is 5.91 Å². The van der Waals surface area contributed by atoms with Gasteiger partial charge in [0.15, 0.2) is 0 Å². The zero-order valence-electron chi connectivity index (χ0n) is 20.2. The lowest BCUT2D eigenvalue weighted by Crippen LogP contribution is -2.19. The summed E-state index contributed by atoms with van der Waals surface area (Å²) in [5, 5.41) is 8.21. The van der Waals surface area contributed by atoms with Crippen molar-refractivity contribution < 1.29 is 28.5 Å². The molecule has 9 nitrogen and oxygen atoms in total. The van der Waals surface area contributed by atoms with E-state index in [9.17, 15) is 14.0 Å². The maximum atomic E-state index is 13.0. The topological polar surface area (TPSA) is 111 Å². The summed E-state index contributed by atoms with van der Waals surface area (Å²) in [7, 11) is 0. The van der Waals surface area contributed by atoms with E-state index < -0.39 is 6.03 Å². The molecular weight excluding hydrogens is 479 g/mol. The highest BCUT2D eigenvalue weighted by molar-refractivity contribution is 5.99. The van der Waals surface area contributed by atoms with Gasteiger partial charge in [-0.15, -0.1) is 0 Å². The van der Waals surface area contributed by atoms with Crippen LogP contribution in [0.25, 0.3) is 6.08 Å². The molecule has 0 aliphatic heterocycles. The van der Waals surface area contributed by atoms with Crippen molar-refractivity contribution >= 4 is 35.2 Å². The smallest absolute Gasteiger partial charge is 0.323 e. The molecule has 1 aliphatic rings. The Bertz CT molecular complexity index is 1240. The number of nitrogens with zero attached hydrogens (tertiary/aromatic N) is 1. The Hall–Kier alpha value is -4.28. The SMILES string of the molecule is CCOOC/C=C/c1c(Oc2ccc(NC(=O)Nc3ccc(F)cc3)cc2)ccnc1NC(=O)C1CC1. The largest absolute Gasteiger partial charge is 0.457 e. The molecule has 0 unspecified atom stereocenters. The maximum absolute atomic E-state index is 13.0. The molecular formula is C27H27FN4O5. The molecule has 3 aromatic rings. The van der Waals surface area contributed by atoms with Crippen LogP contribution in [0.4, 0.5) is 26.4 Å². The molecule has 192 valence electrons. The van der Waals surface area contributed by atoms with Crippen molar-refractivity contribution in [3.8, 4) is 11.5 Å². The average Bonchev–Trinajstić information content (AvgIpc) is 3.74. The van der Waals surface area contributed by atoms with Gasteiger partial charge in [0.25, 0.3) is 0 Å². The molecule has 1 heterocycles. The van der Waals surface area contributed by atoms with E-state index >= 15 is 0 Å². The predicted molar refractivity (Wildman–Crippen MR) is 138 cm³/mol. The number of rotatable bonds is 11. The van der Waals surface area contributed by atoms with Crippen LogP contribution in [-0.4, -0.2) is 30.1 Å². The standard InChI is InChI=1S/C27H27FN4O5/c1-2-35-36-17-3-4-23-24(15-16-29-25(23)32-26(33)18-5-6-18)37-22-13-11-21(12-14-22)31-27(34)30-20-9-7-19(28)8-10-20/h3-4,7-16,18H,2,5-6,17H2,1H3,(H,29,32,33)(H2,30,31,34)/b4-3+. The molecule has 3 amide bonds. The lowest BCUT2D eigenvalue weighted by Gasteiger charge is -2.14. The minimum absolute atomic E-state index is 0.0183. The maximum Gasteiger partial charge on any atom is 0.323 e. The number of carbonyl (C=O) groups excluding carboxylic acids is 2. The fourth-order valence-electron chi connectivity index (χ4n) is 3.27. The van der Waals surface area contributed by atoms with Crippen molar-refractivity contribution in [2.24, 2.45) is 5.92 Å². The first-order valence-electron chi connectivity index (χ1n) is 11.8. The van der Waals surface area contributed by atoms with E-state index in [2.05, 4.69) is 20.9 Å². The molecule has 10 heteroatoms. The van der Waals surface area contributed by atoms with E-state index in [0.717, 1.165) is 12.8 Å². The van der Waals surface area contributed by atoms with Gasteiger partial charge in [-0.05, 0) is 80.4 Å². The van der Waals surface area contributed by atoms with Crippen LogP contribution < -0.4 is 20.7 Å². The molecule has 0 radical (unpaired) electrons. The molecule has 0 spiro atoms. The second kappa shape index (κ2) is 12.6. The van der Waals surface area contributed by atoms with E-state index in [0.29, 0.717) is 40.9 Å². The van der Waals surface area contributed by atoms with Gasteiger partial charge in [0.1, 0.15) is 29.7 Å². The minimum Gasteiger partial charge on any atom is -0.457 e. The van der Waals surface area contributed by atoms with Crippen molar-refractivity contribution in [3.05, 3.63) is 78.3 Å². The molecule has 0 saturated heterocycles. The lowest BCUT2D eigenvalue weighted by atomic mass is 10.2. The van der Waals surface area contributed by atoms with Crippen molar-refractivity contribution in [2.45, 2.75) is 19.8 Å². The van der Waals surface area contributed by atoms with Crippen LogP contribution in [0.15, 0.2) is 66.9 Å². The van der Waals surface area contributed by atoms with E-state index in [-0.39, 0.29) is 24.2 Å². The number of anilines is 3. The van der Waals surface area contributed by atoms with E-state index in [1.807, 2.05) is 6.92 Å². The van der Waals surface area contributed by atoms with Gasteiger partial charge in [0.05, 0.1) is 12.2 Å². The van der Waals surface area contributed by atoms with Crippen LogP contribution in [-0.2, 0) is 14.6 Å². The third-order valence-electron chi connectivity index (χ3n) is 5.23. The number of nitrogens with one attached hydrogen (secondary N) is 3. The Balaban J connectivity index is 1.43. The lowest BCUT2D eigenvalue weighted by molar-refractivity contribution is -0.282. The second-order valence-corrected chi connectivity index (χ2v) is 8.14. The van der Waals surface area contributed by atoms with Crippen molar-refractivity contribution in [1.82, 2.24) is 4.98 Å². The summed E-state index contributed by atoms with van der Waals surface area (Å²) in [6.07, 6.45) is 6.79. The quantitative estimate of drug-likeness (QED) is 0.167. The van der Waals surface area contributed by atoms with Crippen LogP contribution in [0, 0.1) is 11.7 Å². The van der Waals surface area contributed by atoms with Crippen molar-refractivity contribution in [1.29, 1.82) is 0 Å². The first kappa shape index (κ1) is 25.8. The number of urea groups is 1. The number of amides is 3. The second-order valence-electron chi connectivity index (χ2n) is 8.14. The molecule has 1 aliphatic carbocycles. The highest BCUT2D eigenvalue weighted by Gasteiger charge is 2.30. The number of pyridine rings is 1. The molecule has 0 atom stereocenters. The molecule has 1 aromatic heterocycles. The van der Waals surface area contributed by atoms with Crippen LogP contribution >= 0.6 is 0 Å². The molecule has 4 rings (SSSR count). The summed E-state index contributed by atoms with van der Waals surface area (Å²) in [6.45, 7) is 2.45. The fraction of sp³-hybridized carbons (Fsp3) is 0.222. The number of benzene rings is 2. The molecule has 1 fully saturated rings. The summed E-state index contributed by atoms with van der Waals surface area (Å²) in [4.78, 5) is 38.8. The molecule has 3 N–H and O–H groups in total. The summed E-state index contributed by atoms with van der Waals surface area (Å²) in [6, 6.07) is 13.4. The van der Waals surface area contributed by atoms with E-state index in [1.54, 1.807) is 48.7 Å². The zero-order chi connectivity index (χ0) is 26.0. The van der Waals surface area contributed by atoms with Gasteiger partial charge in [-0.1, -0.05) is 6.08 Å². The Morgan fingerprint density at radius 1 is 0.973 bits per heavy atom. The van der Waals surface area contributed by atoms with Crippen LogP contribution in [0.3, 0.4) is 0 Å². The van der Waals surface area contributed by atoms with Gasteiger partial charge >= 0.3 is 6.03 Å². The van der Waals surface area contributed by atoms with Gasteiger partial charge in [-0.25, -0.2) is 23.9 Å². The fourth-order valence-corrected chi connectivity index (χ4v) is 3.27. The summed E-state index contributed by atoms with van der Waals surface area (Å²) in [5.41, 5.74) is 1.58. The third-order valence-corrected chi connectivity index (χ3v) is 5.23. The number of ether oxygens (including phenoxy) is 1. The highest BCUT2D eigenvalue weighted by atomic mass is 19.1. The number of hydrogen-bond acceptors (Lipinski definition) is 6.